The van der Waals surface area contributed by atoms with Crippen LogP contribution in [0.25, 0.3) is 6.08 Å². The number of methoxy groups -OCH3 is 2. The smallest absolute Gasteiger partial charge is 0.247 e. The molecule has 0 bridgehead atoms. The van der Waals surface area contributed by atoms with Crippen LogP contribution in [0.1, 0.15) is 57.8 Å². The van der Waals surface area contributed by atoms with Gasteiger partial charge < -0.3 is 15.2 Å². The van der Waals surface area contributed by atoms with Gasteiger partial charge in [-0.05, 0) is 72.4 Å². The molecular weight excluding hydrogens is 554 g/mol. The Balaban J connectivity index is 1.31. The van der Waals surface area contributed by atoms with Crippen molar-refractivity contribution in [3.8, 4) is 23.6 Å². The quantitative estimate of drug-likeness (QED) is 0.215. The molecule has 2 fully saturated rings. The molecule has 210 valence electrons. The van der Waals surface area contributed by atoms with Crippen molar-refractivity contribution >= 4 is 46.9 Å². The molecule has 1 saturated carbocycles. The first kappa shape index (κ1) is 28.4. The van der Waals surface area contributed by atoms with Crippen molar-refractivity contribution in [2.75, 3.05) is 24.9 Å². The first-order valence-corrected chi connectivity index (χ1v) is 13.9. The zero-order chi connectivity index (χ0) is 30.0. The fourth-order valence-corrected chi connectivity index (χ4v) is 5.92. The Hall–Kier alpha value is -5.13. The van der Waals surface area contributed by atoms with E-state index in [-0.39, 0.29) is 40.1 Å². The van der Waals surface area contributed by atoms with Crippen LogP contribution in [0, 0.1) is 22.7 Å². The molecule has 0 radical (unpaired) electrons. The highest BCUT2D eigenvalue weighted by Gasteiger charge is 2.42. The van der Waals surface area contributed by atoms with Gasteiger partial charge in [0.25, 0.3) is 0 Å². The second-order valence-corrected chi connectivity index (χ2v) is 10.9. The maximum atomic E-state index is 13.3. The standard InChI is InChI=1S/C31H25N5O5S/c1-40-24-12-4-17(13-25(24)41-2)3-11-23(37)18-7-9-20(10-8-18)36-27(38)14-26(31(36)39)42-30-22(16-33)28(19-5-6-19)21(15-32)29(34)35-30/h3-4,7-13,19,26H,5-6,14H2,1-2H3,(H2,34,35)/b11-3+/t26-/m0/s1. The van der Waals surface area contributed by atoms with E-state index >= 15 is 0 Å². The summed E-state index contributed by atoms with van der Waals surface area (Å²) in [6, 6.07) is 15.7. The molecule has 2 amide bonds. The van der Waals surface area contributed by atoms with Crippen LogP contribution in [0.3, 0.4) is 0 Å². The predicted octanol–water partition coefficient (Wildman–Crippen LogP) is 4.62. The Kier molecular flexibility index (Phi) is 7.96. The van der Waals surface area contributed by atoms with Crippen molar-refractivity contribution in [3.05, 3.63) is 76.4 Å². The number of aromatic nitrogens is 1. The van der Waals surface area contributed by atoms with E-state index in [1.54, 1.807) is 55.7 Å². The second-order valence-electron chi connectivity index (χ2n) is 9.70. The lowest BCUT2D eigenvalue weighted by atomic mass is 10.0. The molecule has 42 heavy (non-hydrogen) atoms. The molecule has 1 aliphatic carbocycles. The number of amides is 2. The number of carbonyl (C=O) groups is 3. The molecule has 0 spiro atoms. The molecule has 2 aliphatic rings. The summed E-state index contributed by atoms with van der Waals surface area (Å²) in [5.41, 5.74) is 8.49. The molecule has 5 rings (SSSR count). The van der Waals surface area contributed by atoms with Gasteiger partial charge in [0, 0.05) is 12.0 Å². The number of ketones is 1. The van der Waals surface area contributed by atoms with Crippen LogP contribution < -0.4 is 20.1 Å². The van der Waals surface area contributed by atoms with Crippen LogP contribution in [0.15, 0.2) is 53.6 Å². The van der Waals surface area contributed by atoms with E-state index in [9.17, 15) is 24.9 Å². The summed E-state index contributed by atoms with van der Waals surface area (Å²) in [6.07, 6.45) is 4.67. The molecule has 10 nitrogen and oxygen atoms in total. The van der Waals surface area contributed by atoms with Gasteiger partial charge in [0.2, 0.25) is 11.8 Å². The summed E-state index contributed by atoms with van der Waals surface area (Å²) in [5.74, 6) is 0.0595. The first-order chi connectivity index (χ1) is 20.3. The van der Waals surface area contributed by atoms with Gasteiger partial charge in [0.05, 0.1) is 36.3 Å². The molecular formula is C31H25N5O5S. The molecule has 1 aliphatic heterocycles. The number of imide groups is 1. The monoisotopic (exact) mass is 579 g/mol. The number of nitrogens with zero attached hydrogens (tertiary/aromatic N) is 4. The molecule has 1 atom stereocenters. The number of allylic oxidation sites excluding steroid dienone is 1. The minimum atomic E-state index is -0.817. The average molecular weight is 580 g/mol. The normalized spacial score (nSPS) is 16.4. The zero-order valence-electron chi connectivity index (χ0n) is 22.8. The number of thioether (sulfide) groups is 1. The van der Waals surface area contributed by atoms with Gasteiger partial charge in [-0.3, -0.25) is 14.4 Å². The maximum Gasteiger partial charge on any atom is 0.247 e. The number of pyridine rings is 1. The summed E-state index contributed by atoms with van der Waals surface area (Å²) in [5, 5.41) is 18.8. The minimum absolute atomic E-state index is 0.00922. The van der Waals surface area contributed by atoms with E-state index < -0.39 is 17.1 Å². The molecule has 1 saturated heterocycles. The lowest BCUT2D eigenvalue weighted by Gasteiger charge is -2.16. The van der Waals surface area contributed by atoms with Gasteiger partial charge in [-0.25, -0.2) is 9.88 Å². The van der Waals surface area contributed by atoms with Gasteiger partial charge in [0.1, 0.15) is 23.0 Å². The van der Waals surface area contributed by atoms with Crippen molar-refractivity contribution < 1.29 is 23.9 Å². The molecule has 2 N–H and O–H groups in total. The molecule has 0 unspecified atom stereocenters. The molecule has 2 aromatic carbocycles. The van der Waals surface area contributed by atoms with Gasteiger partial charge in [0.15, 0.2) is 17.3 Å². The third-order valence-corrected chi connectivity index (χ3v) is 8.22. The van der Waals surface area contributed by atoms with E-state index in [0.29, 0.717) is 28.3 Å². The zero-order valence-corrected chi connectivity index (χ0v) is 23.6. The topological polar surface area (TPSA) is 159 Å². The van der Waals surface area contributed by atoms with Gasteiger partial charge in [-0.1, -0.05) is 23.9 Å². The van der Waals surface area contributed by atoms with E-state index in [2.05, 4.69) is 11.1 Å². The van der Waals surface area contributed by atoms with Crippen LogP contribution >= 0.6 is 11.8 Å². The lowest BCUT2D eigenvalue weighted by Crippen LogP contribution is -2.31. The SMILES string of the molecule is COc1ccc(/C=C/C(=O)c2ccc(N3C(=O)C[C@H](Sc4nc(N)c(C#N)c(C5CC5)c4C#N)C3=O)cc2)cc1OC. The summed E-state index contributed by atoms with van der Waals surface area (Å²) >= 11 is 1.01. The Labute approximate surface area is 246 Å². The van der Waals surface area contributed by atoms with E-state index in [1.807, 2.05) is 6.07 Å². The number of nitrogen functional groups attached to an aromatic ring is 1. The Bertz CT molecular complexity index is 1720. The maximum absolute atomic E-state index is 13.3. The van der Waals surface area contributed by atoms with Crippen LogP contribution in [0.4, 0.5) is 11.5 Å². The molecule has 2 heterocycles. The van der Waals surface area contributed by atoms with Crippen molar-refractivity contribution in [2.24, 2.45) is 0 Å². The van der Waals surface area contributed by atoms with Crippen molar-refractivity contribution in [1.82, 2.24) is 4.98 Å². The molecule has 3 aromatic rings. The van der Waals surface area contributed by atoms with Crippen LogP contribution in [0.2, 0.25) is 0 Å². The lowest BCUT2D eigenvalue weighted by molar-refractivity contribution is -0.121. The van der Waals surface area contributed by atoms with Crippen molar-refractivity contribution in [3.63, 3.8) is 0 Å². The Morgan fingerprint density at radius 1 is 1.05 bits per heavy atom. The fraction of sp³-hybridized carbons (Fsp3) is 0.226. The number of nitriles is 2. The fourth-order valence-electron chi connectivity index (χ4n) is 4.79. The molecule has 11 heteroatoms. The van der Waals surface area contributed by atoms with E-state index in [4.69, 9.17) is 15.2 Å². The number of rotatable bonds is 9. The Morgan fingerprint density at radius 3 is 2.36 bits per heavy atom. The predicted molar refractivity (Wildman–Crippen MR) is 156 cm³/mol. The van der Waals surface area contributed by atoms with Crippen LogP contribution in [-0.2, 0) is 9.59 Å². The number of hydrogen-bond donors (Lipinski definition) is 1. The molecule has 1 aromatic heterocycles. The van der Waals surface area contributed by atoms with E-state index in [1.165, 1.54) is 13.2 Å². The largest absolute Gasteiger partial charge is 0.493 e. The van der Waals surface area contributed by atoms with Gasteiger partial charge in [-0.2, -0.15) is 10.5 Å². The minimum Gasteiger partial charge on any atom is -0.493 e. The average Bonchev–Trinajstić information content (AvgIpc) is 3.80. The number of anilines is 2. The Morgan fingerprint density at radius 2 is 1.74 bits per heavy atom. The summed E-state index contributed by atoms with van der Waals surface area (Å²) in [7, 11) is 3.07. The van der Waals surface area contributed by atoms with E-state index in [0.717, 1.165) is 35.1 Å². The highest BCUT2D eigenvalue weighted by Crippen LogP contribution is 2.47. The first-order valence-electron chi connectivity index (χ1n) is 13.0. The van der Waals surface area contributed by atoms with Crippen molar-refractivity contribution in [1.29, 1.82) is 10.5 Å². The third-order valence-electron chi connectivity index (χ3n) is 7.04. The number of carbonyl (C=O) groups excluding carboxylic acids is 3. The van der Waals surface area contributed by atoms with Gasteiger partial charge >= 0.3 is 0 Å². The van der Waals surface area contributed by atoms with Crippen LogP contribution in [0.5, 0.6) is 11.5 Å². The summed E-state index contributed by atoms with van der Waals surface area (Å²) < 4.78 is 10.5. The van der Waals surface area contributed by atoms with Crippen LogP contribution in [-0.4, -0.2) is 42.1 Å². The van der Waals surface area contributed by atoms with Crippen molar-refractivity contribution in [2.45, 2.75) is 35.5 Å². The summed E-state index contributed by atoms with van der Waals surface area (Å²) in [6.45, 7) is 0. The second kappa shape index (κ2) is 11.8. The number of hydrogen-bond acceptors (Lipinski definition) is 10. The highest BCUT2D eigenvalue weighted by atomic mass is 32.2. The number of nitrogens with two attached hydrogens (primary N) is 1. The van der Waals surface area contributed by atoms with Gasteiger partial charge in [-0.15, -0.1) is 0 Å². The number of ether oxygens (including phenoxy) is 2. The third kappa shape index (κ3) is 5.42. The summed E-state index contributed by atoms with van der Waals surface area (Å²) in [4.78, 5) is 44.3. The number of benzene rings is 2. The highest BCUT2D eigenvalue weighted by molar-refractivity contribution is 8.00.